The molecule has 3 nitrogen and oxygen atoms in total. The Kier molecular flexibility index (Phi) is 2.99. The minimum absolute atomic E-state index is 0.193. The Balaban J connectivity index is 2.01. The number of hydrogen-bond acceptors (Lipinski definition) is 3. The summed E-state index contributed by atoms with van der Waals surface area (Å²) in [6, 6.07) is 2.82. The van der Waals surface area contributed by atoms with Crippen molar-refractivity contribution in [3.05, 3.63) is 0 Å². The molecule has 0 radical (unpaired) electrons. The van der Waals surface area contributed by atoms with Crippen molar-refractivity contribution >= 4 is 0 Å². The van der Waals surface area contributed by atoms with Crippen LogP contribution in [0.1, 0.15) is 39.0 Å². The maximum atomic E-state index is 10.0. The summed E-state index contributed by atoms with van der Waals surface area (Å²) in [4.78, 5) is 2.34. The van der Waals surface area contributed by atoms with Crippen LogP contribution in [-0.4, -0.2) is 34.7 Å². The molecule has 0 aromatic carbocycles. The Morgan fingerprint density at radius 3 is 2.87 bits per heavy atom. The molecule has 3 atom stereocenters. The van der Waals surface area contributed by atoms with E-state index in [2.05, 4.69) is 11.0 Å². The Morgan fingerprint density at radius 2 is 2.20 bits per heavy atom. The van der Waals surface area contributed by atoms with E-state index in [1.807, 2.05) is 6.92 Å². The highest BCUT2D eigenvalue weighted by Gasteiger charge is 2.37. The molecule has 2 aliphatic rings. The van der Waals surface area contributed by atoms with Crippen LogP contribution >= 0.6 is 0 Å². The monoisotopic (exact) mass is 208 g/mol. The fraction of sp³-hybridized carbons (Fsp3) is 0.917. The van der Waals surface area contributed by atoms with Gasteiger partial charge in [0.05, 0.1) is 17.6 Å². The van der Waals surface area contributed by atoms with Crippen LogP contribution in [0.15, 0.2) is 0 Å². The van der Waals surface area contributed by atoms with Gasteiger partial charge in [-0.3, -0.25) is 4.90 Å². The van der Waals surface area contributed by atoms with Gasteiger partial charge in [0.2, 0.25) is 0 Å². The molecule has 1 saturated heterocycles. The smallest absolute Gasteiger partial charge is 0.0746 e. The van der Waals surface area contributed by atoms with Crippen LogP contribution in [0, 0.1) is 17.2 Å². The molecule has 1 N–H and O–H groups in total. The molecule has 15 heavy (non-hydrogen) atoms. The topological polar surface area (TPSA) is 47.3 Å². The van der Waals surface area contributed by atoms with Gasteiger partial charge in [-0.2, -0.15) is 5.26 Å². The number of nitrogens with zero attached hydrogens (tertiary/aromatic N) is 2. The van der Waals surface area contributed by atoms with E-state index in [9.17, 15) is 5.11 Å². The average Bonchev–Trinajstić information content (AvgIpc) is 2.63. The molecule has 1 aliphatic heterocycles. The zero-order valence-corrected chi connectivity index (χ0v) is 9.45. The van der Waals surface area contributed by atoms with E-state index < -0.39 is 5.60 Å². The summed E-state index contributed by atoms with van der Waals surface area (Å²) in [6.45, 7) is 3.71. The molecule has 2 fully saturated rings. The minimum Gasteiger partial charge on any atom is -0.389 e. The van der Waals surface area contributed by atoms with Crippen molar-refractivity contribution in [3.8, 4) is 6.07 Å². The summed E-state index contributed by atoms with van der Waals surface area (Å²) in [7, 11) is 0. The summed E-state index contributed by atoms with van der Waals surface area (Å²) in [5.41, 5.74) is -0.541. The summed E-state index contributed by atoms with van der Waals surface area (Å²) in [5, 5.41) is 19.1. The van der Waals surface area contributed by atoms with Gasteiger partial charge < -0.3 is 5.11 Å². The van der Waals surface area contributed by atoms with Crippen LogP contribution < -0.4 is 0 Å². The minimum atomic E-state index is -0.541. The van der Waals surface area contributed by atoms with E-state index in [-0.39, 0.29) is 5.92 Å². The average molecular weight is 208 g/mol. The van der Waals surface area contributed by atoms with Crippen molar-refractivity contribution in [2.24, 2.45) is 5.92 Å². The van der Waals surface area contributed by atoms with Crippen molar-refractivity contribution in [3.63, 3.8) is 0 Å². The largest absolute Gasteiger partial charge is 0.389 e. The third kappa shape index (κ3) is 2.32. The zero-order valence-electron chi connectivity index (χ0n) is 9.45. The lowest BCUT2D eigenvalue weighted by Gasteiger charge is -2.41. The number of piperidine rings is 1. The van der Waals surface area contributed by atoms with Crippen molar-refractivity contribution < 1.29 is 5.11 Å². The van der Waals surface area contributed by atoms with Gasteiger partial charge in [0, 0.05) is 12.6 Å². The first-order valence-corrected chi connectivity index (χ1v) is 5.98. The maximum Gasteiger partial charge on any atom is 0.0746 e. The summed E-state index contributed by atoms with van der Waals surface area (Å²) in [6.07, 6.45) is 5.30. The Labute approximate surface area is 91.7 Å². The number of rotatable bonds is 1. The molecule has 0 bridgehead atoms. The Hall–Kier alpha value is -0.590. The third-order valence-corrected chi connectivity index (χ3v) is 3.82. The number of aliphatic hydroxyl groups is 1. The van der Waals surface area contributed by atoms with E-state index in [0.29, 0.717) is 6.04 Å². The number of β-amino-alcohol motifs (C(OH)–C–C–N with tert-alkyl or cyclic N) is 1. The van der Waals surface area contributed by atoms with Crippen LogP contribution in [0.3, 0.4) is 0 Å². The van der Waals surface area contributed by atoms with Gasteiger partial charge in [0.25, 0.3) is 0 Å². The molecule has 3 unspecified atom stereocenters. The lowest BCUT2D eigenvalue weighted by Crippen LogP contribution is -2.51. The zero-order chi connectivity index (χ0) is 10.9. The molecular formula is C12H20N2O. The quantitative estimate of drug-likeness (QED) is 0.711. The van der Waals surface area contributed by atoms with Gasteiger partial charge in [-0.25, -0.2) is 0 Å². The molecule has 0 amide bonds. The number of likely N-dealkylation sites (tertiary alicyclic amines) is 1. The number of nitriles is 1. The highest BCUT2D eigenvalue weighted by atomic mass is 16.3. The molecule has 1 saturated carbocycles. The van der Waals surface area contributed by atoms with Gasteiger partial charge in [0.1, 0.15) is 0 Å². The predicted molar refractivity (Wildman–Crippen MR) is 58.2 cm³/mol. The van der Waals surface area contributed by atoms with E-state index in [1.54, 1.807) is 0 Å². The van der Waals surface area contributed by atoms with E-state index in [0.717, 1.165) is 38.8 Å². The fourth-order valence-electron chi connectivity index (χ4n) is 3.07. The van der Waals surface area contributed by atoms with Gasteiger partial charge >= 0.3 is 0 Å². The third-order valence-electron chi connectivity index (χ3n) is 3.82. The Morgan fingerprint density at radius 1 is 1.40 bits per heavy atom. The maximum absolute atomic E-state index is 10.0. The molecule has 2 rings (SSSR count). The first-order valence-electron chi connectivity index (χ1n) is 5.98. The first-order chi connectivity index (χ1) is 7.12. The molecule has 1 heterocycles. The standard InChI is InChI=1S/C12H20N2O/c1-12(15)6-3-7-14(9-12)11-5-2-4-10(11)8-13/h10-11,15H,2-7,9H2,1H3. The van der Waals surface area contributed by atoms with Gasteiger partial charge in [-0.15, -0.1) is 0 Å². The predicted octanol–water partition coefficient (Wildman–Crippen LogP) is 1.53. The van der Waals surface area contributed by atoms with Crippen molar-refractivity contribution in [1.29, 1.82) is 5.26 Å². The molecule has 3 heteroatoms. The van der Waals surface area contributed by atoms with E-state index >= 15 is 0 Å². The second kappa shape index (κ2) is 4.11. The normalized spacial score (nSPS) is 42.7. The van der Waals surface area contributed by atoms with E-state index in [1.165, 1.54) is 6.42 Å². The molecule has 84 valence electrons. The first kappa shape index (κ1) is 10.9. The van der Waals surface area contributed by atoms with Crippen LogP contribution in [0.25, 0.3) is 0 Å². The van der Waals surface area contributed by atoms with Crippen molar-refractivity contribution in [1.82, 2.24) is 4.90 Å². The van der Waals surface area contributed by atoms with E-state index in [4.69, 9.17) is 5.26 Å². The lowest BCUT2D eigenvalue weighted by molar-refractivity contribution is -0.0325. The Bertz CT molecular complexity index is 269. The van der Waals surface area contributed by atoms with Crippen LogP contribution in [0.2, 0.25) is 0 Å². The second-order valence-electron chi connectivity index (χ2n) is 5.30. The summed E-state index contributed by atoms with van der Waals surface area (Å²) >= 11 is 0. The van der Waals surface area contributed by atoms with Crippen molar-refractivity contribution in [2.45, 2.75) is 50.7 Å². The molecule has 1 aliphatic carbocycles. The molecule has 0 spiro atoms. The number of hydrogen-bond donors (Lipinski definition) is 1. The van der Waals surface area contributed by atoms with Crippen molar-refractivity contribution in [2.75, 3.05) is 13.1 Å². The highest BCUT2D eigenvalue weighted by Crippen LogP contribution is 2.33. The molecular weight excluding hydrogens is 188 g/mol. The SMILES string of the molecule is CC1(O)CCCN(C2CCCC2C#N)C1. The highest BCUT2D eigenvalue weighted by molar-refractivity contribution is 4.99. The van der Waals surface area contributed by atoms with Crippen LogP contribution in [-0.2, 0) is 0 Å². The van der Waals surface area contributed by atoms with Gasteiger partial charge in [0.15, 0.2) is 0 Å². The fourth-order valence-corrected chi connectivity index (χ4v) is 3.07. The summed E-state index contributed by atoms with van der Waals surface area (Å²) < 4.78 is 0. The molecule has 0 aromatic rings. The van der Waals surface area contributed by atoms with Gasteiger partial charge in [-0.05, 0) is 39.2 Å². The van der Waals surface area contributed by atoms with Crippen LogP contribution in [0.4, 0.5) is 0 Å². The molecule has 0 aromatic heterocycles. The van der Waals surface area contributed by atoms with Gasteiger partial charge in [-0.1, -0.05) is 6.42 Å². The lowest BCUT2D eigenvalue weighted by atomic mass is 9.92. The second-order valence-corrected chi connectivity index (χ2v) is 5.30. The van der Waals surface area contributed by atoms with Crippen LogP contribution in [0.5, 0.6) is 0 Å². The summed E-state index contributed by atoms with van der Waals surface area (Å²) in [5.74, 6) is 0.193.